The Morgan fingerprint density at radius 1 is 1.00 bits per heavy atom. The minimum atomic E-state index is -5.17. The monoisotopic (exact) mass is 485 g/mol. The molecule has 2 aliphatic heterocycles. The van der Waals surface area contributed by atoms with E-state index in [-0.39, 0.29) is 29.6 Å². The first-order valence-electron chi connectivity index (χ1n) is 8.67. The summed E-state index contributed by atoms with van der Waals surface area (Å²) in [6.45, 7) is -0.736. The Morgan fingerprint density at radius 3 is 2.06 bits per heavy atom. The van der Waals surface area contributed by atoms with E-state index in [1.807, 2.05) is 0 Å². The average molecular weight is 485 g/mol. The molecule has 2 rings (SSSR count). The SMILES string of the molecule is CC([O-])=N[C@H]1C(O)O[C@H](CO)[C@H](OS(=O)(=O)O)[C@@H]1O[C@@H]1O[C@H](CO)[C@@H](O)[C@H](O)[C@H]1O.[Na+]. The normalized spacial score (nSPS) is 42.1. The third-order valence-electron chi connectivity index (χ3n) is 4.52. The van der Waals surface area contributed by atoms with Crippen molar-refractivity contribution in [1.29, 1.82) is 0 Å². The zero-order chi connectivity index (χ0) is 22.8. The molecule has 176 valence electrons. The molecule has 31 heavy (non-hydrogen) atoms. The smallest absolute Gasteiger partial charge is 0.862 e. The van der Waals surface area contributed by atoms with E-state index in [2.05, 4.69) is 9.18 Å². The molecule has 0 bridgehead atoms. The zero-order valence-electron chi connectivity index (χ0n) is 16.5. The van der Waals surface area contributed by atoms with Gasteiger partial charge in [0.05, 0.1) is 13.2 Å². The molecule has 0 spiro atoms. The molecule has 0 aromatic carbocycles. The van der Waals surface area contributed by atoms with Crippen LogP contribution in [0.2, 0.25) is 0 Å². The Morgan fingerprint density at radius 2 is 1.58 bits per heavy atom. The summed E-state index contributed by atoms with van der Waals surface area (Å²) >= 11 is 0. The van der Waals surface area contributed by atoms with Crippen molar-refractivity contribution in [3.63, 3.8) is 0 Å². The van der Waals surface area contributed by atoms with Gasteiger partial charge in [0.1, 0.15) is 48.8 Å². The van der Waals surface area contributed by atoms with Gasteiger partial charge in [-0.15, -0.1) is 0 Å². The van der Waals surface area contributed by atoms with E-state index in [0.29, 0.717) is 0 Å². The van der Waals surface area contributed by atoms with Crippen molar-refractivity contribution in [2.45, 2.75) is 68.3 Å². The van der Waals surface area contributed by atoms with E-state index < -0.39 is 90.9 Å². The van der Waals surface area contributed by atoms with Crippen LogP contribution in [-0.2, 0) is 28.8 Å². The molecule has 0 aromatic rings. The summed E-state index contributed by atoms with van der Waals surface area (Å²) in [5.74, 6) is -0.849. The summed E-state index contributed by atoms with van der Waals surface area (Å²) in [7, 11) is -5.17. The third-order valence-corrected chi connectivity index (χ3v) is 4.98. The van der Waals surface area contributed by atoms with Crippen LogP contribution in [0.4, 0.5) is 0 Å². The number of aliphatic hydroxyl groups is 6. The van der Waals surface area contributed by atoms with E-state index in [1.54, 1.807) is 0 Å². The van der Waals surface area contributed by atoms with E-state index in [4.69, 9.17) is 18.8 Å². The van der Waals surface area contributed by atoms with Crippen molar-refractivity contribution in [2.75, 3.05) is 13.2 Å². The number of hydrogen-bond donors (Lipinski definition) is 7. The Labute approximate surface area is 199 Å². The molecule has 2 fully saturated rings. The molecule has 0 saturated carbocycles. The van der Waals surface area contributed by atoms with Crippen LogP contribution >= 0.6 is 0 Å². The average Bonchev–Trinajstić information content (AvgIpc) is 2.65. The molecular formula is C14H24NNaO14S. The van der Waals surface area contributed by atoms with Crippen molar-refractivity contribution in [2.24, 2.45) is 4.99 Å². The molecule has 0 amide bonds. The van der Waals surface area contributed by atoms with Gasteiger partial charge in [0.15, 0.2) is 12.6 Å². The molecule has 2 saturated heterocycles. The number of rotatable bonds is 7. The van der Waals surface area contributed by atoms with Crippen LogP contribution in [0.5, 0.6) is 0 Å². The number of hydrogen-bond acceptors (Lipinski definition) is 14. The summed E-state index contributed by atoms with van der Waals surface area (Å²) in [4.78, 5) is 3.54. The minimum Gasteiger partial charge on any atom is -0.862 e. The molecule has 15 nitrogen and oxygen atoms in total. The van der Waals surface area contributed by atoms with Gasteiger partial charge >= 0.3 is 40.0 Å². The molecule has 0 radical (unpaired) electrons. The van der Waals surface area contributed by atoms with Gasteiger partial charge in [0, 0.05) is 0 Å². The van der Waals surface area contributed by atoms with Gasteiger partial charge in [0.2, 0.25) is 0 Å². The van der Waals surface area contributed by atoms with Gasteiger partial charge in [-0.1, -0.05) is 0 Å². The molecular weight excluding hydrogens is 461 g/mol. The van der Waals surface area contributed by atoms with E-state index >= 15 is 0 Å². The fraction of sp³-hybridized carbons (Fsp3) is 0.929. The number of aliphatic imine (C=N–C) groups is 1. The predicted molar refractivity (Wildman–Crippen MR) is 89.9 cm³/mol. The minimum absolute atomic E-state index is 0. The third kappa shape index (κ3) is 7.23. The molecule has 7 N–H and O–H groups in total. The Hall–Kier alpha value is -0.0200. The zero-order valence-corrected chi connectivity index (χ0v) is 19.3. The van der Waals surface area contributed by atoms with Gasteiger partial charge in [-0.3, -0.25) is 9.55 Å². The van der Waals surface area contributed by atoms with Crippen LogP contribution in [0.25, 0.3) is 0 Å². The molecule has 0 aromatic heterocycles. The van der Waals surface area contributed by atoms with E-state index in [0.717, 1.165) is 6.92 Å². The molecule has 2 heterocycles. The van der Waals surface area contributed by atoms with Crippen molar-refractivity contribution in [3.8, 4) is 0 Å². The number of nitrogens with zero attached hydrogens (tertiary/aromatic N) is 1. The van der Waals surface area contributed by atoms with Crippen molar-refractivity contribution < 1.29 is 96.7 Å². The summed E-state index contributed by atoms with van der Waals surface area (Å²) in [5, 5.41) is 70.2. The maximum Gasteiger partial charge on any atom is 1.00 e. The van der Waals surface area contributed by atoms with Crippen LogP contribution in [0, 0.1) is 0 Å². The fourth-order valence-corrected chi connectivity index (χ4v) is 3.66. The van der Waals surface area contributed by atoms with Crippen LogP contribution in [0.3, 0.4) is 0 Å². The van der Waals surface area contributed by atoms with Gasteiger partial charge in [-0.25, -0.2) is 4.18 Å². The maximum absolute atomic E-state index is 11.5. The van der Waals surface area contributed by atoms with Crippen LogP contribution < -0.4 is 34.7 Å². The quantitative estimate of drug-likeness (QED) is 0.0766. The molecule has 17 heteroatoms. The maximum atomic E-state index is 11.5. The second-order valence-electron chi connectivity index (χ2n) is 6.67. The molecule has 0 aliphatic carbocycles. The van der Waals surface area contributed by atoms with Crippen LogP contribution in [-0.4, -0.2) is 124 Å². The predicted octanol–water partition coefficient (Wildman–Crippen LogP) is -8.78. The summed E-state index contributed by atoms with van der Waals surface area (Å²) in [6, 6.07) is -1.68. The van der Waals surface area contributed by atoms with E-state index in [1.165, 1.54) is 0 Å². The van der Waals surface area contributed by atoms with Gasteiger partial charge in [0.25, 0.3) is 0 Å². The van der Waals surface area contributed by atoms with Crippen molar-refractivity contribution >= 4 is 16.3 Å². The van der Waals surface area contributed by atoms with Gasteiger partial charge < -0.3 is 50.0 Å². The second-order valence-corrected chi connectivity index (χ2v) is 7.72. The fourth-order valence-electron chi connectivity index (χ4n) is 3.15. The summed E-state index contributed by atoms with van der Waals surface area (Å²) < 4.78 is 51.6. The molecule has 1 unspecified atom stereocenters. The first kappa shape index (κ1) is 29.0. The van der Waals surface area contributed by atoms with Gasteiger partial charge in [-0.05, 0) is 12.8 Å². The summed E-state index contributed by atoms with van der Waals surface area (Å²) in [6.07, 6.45) is -16.0. The topological polar surface area (TPSA) is 248 Å². The molecule has 10 atom stereocenters. The Bertz CT molecular complexity index is 703. The molecule has 2 aliphatic rings. The first-order valence-corrected chi connectivity index (χ1v) is 10.0. The Balaban J connectivity index is 0.00000480. The number of ether oxygens (including phenoxy) is 3. The van der Waals surface area contributed by atoms with Crippen LogP contribution in [0.15, 0.2) is 4.99 Å². The van der Waals surface area contributed by atoms with E-state index in [9.17, 15) is 44.2 Å². The van der Waals surface area contributed by atoms with Crippen molar-refractivity contribution in [3.05, 3.63) is 0 Å². The summed E-state index contributed by atoms with van der Waals surface area (Å²) in [5.41, 5.74) is 0. The van der Waals surface area contributed by atoms with Gasteiger partial charge in [-0.2, -0.15) is 8.42 Å². The first-order chi connectivity index (χ1) is 13.9. The standard InChI is InChI=1S/C14H25NO14S.Na/c1-4(18)15-7-12(11(29-30(23,24)25)6(3-17)26-13(7)22)28-14-10(21)9(20)8(19)5(2-16)27-14;/h5-14,16-17,19-22H,2-3H2,1H3,(H,15,18)(H,23,24,25);/q;+1/p-1/t5-,6-,7-,8-,9+,10-,11+,12-,13?,14+;/m1./s1. The second kappa shape index (κ2) is 11.9. The van der Waals surface area contributed by atoms with Crippen LogP contribution in [0.1, 0.15) is 6.92 Å². The Kier molecular flexibility index (Phi) is 11.1. The largest absolute Gasteiger partial charge is 1.00 e. The van der Waals surface area contributed by atoms with Crippen molar-refractivity contribution in [1.82, 2.24) is 0 Å². The number of aliphatic hydroxyl groups excluding tert-OH is 6.